The van der Waals surface area contributed by atoms with Crippen molar-refractivity contribution in [3.05, 3.63) is 184 Å². The fraction of sp³-hybridized carbons (Fsp3) is 0.186. The molecule has 0 saturated heterocycles. The van der Waals surface area contributed by atoms with Crippen LogP contribution in [0, 0.1) is 68.1 Å². The van der Waals surface area contributed by atoms with Crippen molar-refractivity contribution in [1.29, 1.82) is 0 Å². The SMILES string of the molecule is C[C@H](OC(=O)C1CCCCC1)[C]1[CH][CH][CH][C]1P(c1ccccc1)c1ccccc1.[CH]1[CH][CH][C](P(c2ccccc2)c2ccccc2)[CH]1.[Fe+2]. The summed E-state index contributed by atoms with van der Waals surface area (Å²) in [7, 11) is -1.10. The molecule has 4 aromatic carbocycles. The third-order valence-corrected chi connectivity index (χ3v) is 13.7. The smallest absolute Gasteiger partial charge is 0.462 e. The first-order chi connectivity index (χ1) is 23.2. The average molecular weight is 709 g/mol. The molecule has 3 aliphatic carbocycles. The molecule has 0 spiro atoms. The largest absolute Gasteiger partial charge is 2.00 e. The van der Waals surface area contributed by atoms with E-state index in [9.17, 15) is 4.79 Å². The molecule has 0 bridgehead atoms. The van der Waals surface area contributed by atoms with Crippen molar-refractivity contribution in [3.8, 4) is 0 Å². The van der Waals surface area contributed by atoms with Gasteiger partial charge in [0.2, 0.25) is 0 Å². The number of hydrogen-bond donors (Lipinski definition) is 0. The molecule has 7 rings (SSSR count). The number of benzene rings is 4. The van der Waals surface area contributed by atoms with Crippen LogP contribution in [0.5, 0.6) is 0 Å². The van der Waals surface area contributed by atoms with Crippen molar-refractivity contribution in [2.24, 2.45) is 5.92 Å². The van der Waals surface area contributed by atoms with E-state index < -0.39 is 15.8 Å². The predicted octanol–water partition coefficient (Wildman–Crippen LogP) is 8.84. The summed E-state index contributed by atoms with van der Waals surface area (Å²) in [6.45, 7) is 2.02. The molecule has 48 heavy (non-hydrogen) atoms. The summed E-state index contributed by atoms with van der Waals surface area (Å²) in [5.74, 6) is 1.19. The van der Waals surface area contributed by atoms with Gasteiger partial charge in [-0.3, -0.25) is 4.79 Å². The summed E-state index contributed by atoms with van der Waals surface area (Å²) in [6, 6.07) is 42.9. The van der Waals surface area contributed by atoms with Crippen molar-refractivity contribution < 1.29 is 26.6 Å². The molecule has 242 valence electrons. The zero-order chi connectivity index (χ0) is 32.3. The zero-order valence-corrected chi connectivity index (χ0v) is 30.2. The van der Waals surface area contributed by atoms with E-state index in [0.717, 1.165) is 31.6 Å². The van der Waals surface area contributed by atoms with Gasteiger partial charge in [-0.15, -0.1) is 0 Å². The minimum Gasteiger partial charge on any atom is -0.462 e. The molecular weight excluding hydrogens is 666 g/mol. The molecule has 3 saturated carbocycles. The number of rotatable bonds is 9. The maximum absolute atomic E-state index is 12.7. The third kappa shape index (κ3) is 9.70. The molecule has 0 amide bonds. The summed E-state index contributed by atoms with van der Waals surface area (Å²) >= 11 is 0. The Morgan fingerprint density at radius 2 is 1.02 bits per heavy atom. The molecule has 10 radical (unpaired) electrons. The summed E-state index contributed by atoms with van der Waals surface area (Å²) in [4.78, 5) is 12.7. The van der Waals surface area contributed by atoms with Crippen molar-refractivity contribution in [2.75, 3.05) is 0 Å². The molecule has 0 aliphatic heterocycles. The molecule has 3 aliphatic rings. The fourth-order valence-electron chi connectivity index (χ4n) is 6.34. The van der Waals surface area contributed by atoms with Crippen LogP contribution in [0.3, 0.4) is 0 Å². The Kier molecular flexibility index (Phi) is 14.8. The van der Waals surface area contributed by atoms with E-state index >= 15 is 0 Å². The van der Waals surface area contributed by atoms with Gasteiger partial charge in [-0.2, -0.15) is 0 Å². The molecule has 0 heterocycles. The first-order valence-corrected chi connectivity index (χ1v) is 19.4. The third-order valence-electron chi connectivity index (χ3n) is 8.70. The van der Waals surface area contributed by atoms with Gasteiger partial charge in [-0.1, -0.05) is 141 Å². The number of esters is 1. The maximum atomic E-state index is 12.7. The van der Waals surface area contributed by atoms with Crippen LogP contribution in [-0.4, -0.2) is 12.1 Å². The molecule has 2 nitrogen and oxygen atoms in total. The van der Waals surface area contributed by atoms with Gasteiger partial charge in [0.1, 0.15) is 6.10 Å². The van der Waals surface area contributed by atoms with Gasteiger partial charge in [0, 0.05) is 17.2 Å². The van der Waals surface area contributed by atoms with Crippen LogP contribution in [0.25, 0.3) is 0 Å². The van der Waals surface area contributed by atoms with E-state index in [2.05, 4.69) is 166 Å². The van der Waals surface area contributed by atoms with Crippen molar-refractivity contribution >= 4 is 43.0 Å². The summed E-state index contributed by atoms with van der Waals surface area (Å²) in [6.07, 6.45) is 20.4. The topological polar surface area (TPSA) is 26.3 Å². The zero-order valence-electron chi connectivity index (χ0n) is 27.3. The normalized spacial score (nSPS) is 18.2. The first-order valence-electron chi connectivity index (χ1n) is 16.7. The minimum atomic E-state index is -0.693. The Morgan fingerprint density at radius 1 is 0.583 bits per heavy atom. The van der Waals surface area contributed by atoms with E-state index in [0.29, 0.717) is 0 Å². The van der Waals surface area contributed by atoms with Crippen LogP contribution < -0.4 is 21.2 Å². The van der Waals surface area contributed by atoms with Crippen LogP contribution in [0.2, 0.25) is 0 Å². The van der Waals surface area contributed by atoms with E-state index in [4.69, 9.17) is 4.74 Å². The summed E-state index contributed by atoms with van der Waals surface area (Å²) in [5.41, 5.74) is 2.70. The van der Waals surface area contributed by atoms with E-state index in [1.165, 1.54) is 39.0 Å². The molecule has 4 aromatic rings. The predicted molar refractivity (Wildman–Crippen MR) is 200 cm³/mol. The molecule has 0 unspecified atom stereocenters. The molecule has 3 fully saturated rings. The number of carbonyl (C=O) groups is 1. The van der Waals surface area contributed by atoms with Crippen molar-refractivity contribution in [1.82, 2.24) is 0 Å². The van der Waals surface area contributed by atoms with Gasteiger partial charge < -0.3 is 4.74 Å². The minimum absolute atomic E-state index is 0. The van der Waals surface area contributed by atoms with Crippen LogP contribution in [0.4, 0.5) is 0 Å². The number of hydrogen-bond acceptors (Lipinski definition) is 2. The Hall–Kier alpha value is -2.27. The number of ether oxygens (including phenoxy) is 1. The van der Waals surface area contributed by atoms with Crippen LogP contribution in [-0.2, 0) is 26.6 Å². The van der Waals surface area contributed by atoms with Crippen molar-refractivity contribution in [3.63, 3.8) is 0 Å². The number of carbonyl (C=O) groups excluding carboxylic acids is 1. The molecule has 0 N–H and O–H groups in total. The summed E-state index contributed by atoms with van der Waals surface area (Å²) < 4.78 is 5.97. The Bertz CT molecular complexity index is 1400. The van der Waals surface area contributed by atoms with Gasteiger partial charge >= 0.3 is 23.0 Å². The first kappa shape index (κ1) is 37.0. The van der Waals surface area contributed by atoms with Crippen LogP contribution in [0.15, 0.2) is 121 Å². The molecule has 0 aromatic heterocycles. The van der Waals surface area contributed by atoms with E-state index in [-0.39, 0.29) is 35.1 Å². The standard InChI is InChI=1S/C26H28O2P.C17H14P.Fe/c1-20(28-26(27)21-12-5-2-6-13-21)24-18-11-19-25(24)29(22-14-7-3-8-15-22)23-16-9-4-10-17-23;1-3-9-15(10-4-1)18(17-13-7-8-14-17)16-11-5-2-6-12-16;/h3-4,7-11,14-21H,2,5-6,12-13H2,1H3;1-14H;/q;;+2/t20-;;/m0../s1. The van der Waals surface area contributed by atoms with Gasteiger partial charge in [-0.05, 0) is 102 Å². The van der Waals surface area contributed by atoms with Gasteiger partial charge in [0.05, 0.1) is 5.92 Å². The van der Waals surface area contributed by atoms with Crippen molar-refractivity contribution in [2.45, 2.75) is 45.1 Å². The van der Waals surface area contributed by atoms with E-state index in [1.54, 1.807) is 0 Å². The van der Waals surface area contributed by atoms with Gasteiger partial charge in [0.25, 0.3) is 0 Å². The Labute approximate surface area is 302 Å². The van der Waals surface area contributed by atoms with E-state index in [1.807, 2.05) is 6.92 Å². The summed E-state index contributed by atoms with van der Waals surface area (Å²) in [5, 5.41) is 5.44. The Morgan fingerprint density at radius 3 is 1.48 bits per heavy atom. The van der Waals surface area contributed by atoms with Gasteiger partial charge in [0.15, 0.2) is 0 Å². The molecule has 5 heteroatoms. The van der Waals surface area contributed by atoms with Crippen LogP contribution in [0.1, 0.15) is 39.0 Å². The quantitative estimate of drug-likeness (QED) is 0.0988. The van der Waals surface area contributed by atoms with Gasteiger partial charge in [-0.25, -0.2) is 0 Å². The second kappa shape index (κ2) is 19.2. The average Bonchev–Trinajstić information content (AvgIpc) is 3.85. The van der Waals surface area contributed by atoms with Crippen LogP contribution >= 0.6 is 15.8 Å². The second-order valence-corrected chi connectivity index (χ2v) is 16.3. The fourth-order valence-corrected chi connectivity index (χ4v) is 11.2. The Balaban J connectivity index is 0.000000204. The second-order valence-electron chi connectivity index (χ2n) is 11.9. The molecule has 1 atom stereocenters. The maximum Gasteiger partial charge on any atom is 2.00 e. The molecular formula is C43H42FeO2P2+2. The monoisotopic (exact) mass is 708 g/mol.